The molecule has 2 aromatic carbocycles. The maximum atomic E-state index is 12.9. The van der Waals surface area contributed by atoms with Gasteiger partial charge in [0, 0.05) is 36.6 Å². The molecule has 210 valence electrons. The third-order valence-corrected chi connectivity index (χ3v) is 9.08. The Bertz CT molecular complexity index is 1600. The second-order valence-electron chi connectivity index (χ2n) is 9.91. The number of rotatable bonds is 12. The van der Waals surface area contributed by atoms with Crippen molar-refractivity contribution in [2.45, 2.75) is 52.1 Å². The Balaban J connectivity index is 1.37. The summed E-state index contributed by atoms with van der Waals surface area (Å²) in [5, 5.41) is 10.5. The van der Waals surface area contributed by atoms with Crippen molar-refractivity contribution in [2.24, 2.45) is 0 Å². The third kappa shape index (κ3) is 6.04. The van der Waals surface area contributed by atoms with Crippen LogP contribution in [-0.2, 0) is 16.6 Å². The minimum Gasteiger partial charge on any atom is -0.365 e. The van der Waals surface area contributed by atoms with Gasteiger partial charge in [-0.15, -0.1) is 0 Å². The number of benzene rings is 2. The number of carbonyl (C=O) groups excluding carboxylic acids is 1. The number of nitrogens with one attached hydrogen (secondary N) is 4. The molecule has 0 radical (unpaired) electrons. The maximum absolute atomic E-state index is 12.9. The summed E-state index contributed by atoms with van der Waals surface area (Å²) < 4.78 is 27.3. The van der Waals surface area contributed by atoms with Crippen LogP contribution in [0.1, 0.15) is 55.5 Å². The second kappa shape index (κ2) is 12.0. The Morgan fingerprint density at radius 1 is 1.07 bits per heavy atom. The monoisotopic (exact) mass is 561 g/mol. The fraction of sp³-hybridized carbons (Fsp3) is 0.345. The highest BCUT2D eigenvalue weighted by molar-refractivity contribution is 7.92. The smallest absolute Gasteiger partial charge is 0.251 e. The van der Waals surface area contributed by atoms with Crippen molar-refractivity contribution in [3.8, 4) is 0 Å². The van der Waals surface area contributed by atoms with Gasteiger partial charge < -0.3 is 20.9 Å². The van der Waals surface area contributed by atoms with Crippen molar-refractivity contribution in [3.05, 3.63) is 71.9 Å². The number of para-hydroxylation sites is 1. The summed E-state index contributed by atoms with van der Waals surface area (Å²) in [6, 6.07) is 16.9. The lowest BCUT2D eigenvalue weighted by Crippen LogP contribution is -2.39. The van der Waals surface area contributed by atoms with Crippen molar-refractivity contribution in [3.63, 3.8) is 0 Å². The van der Waals surface area contributed by atoms with Gasteiger partial charge >= 0.3 is 0 Å². The summed E-state index contributed by atoms with van der Waals surface area (Å²) in [6.45, 7) is 4.42. The normalized spacial score (nSPS) is 13.6. The SMILES string of the molecule is CCCS(=O)(=O)N(CC)c1ccccc1CNc1nc(Nc2cccc(C(=O)NC3CCC3)c2)nc2[nH]ccc12. The number of fused-ring (bicyclic) bond motifs is 1. The van der Waals surface area contributed by atoms with Crippen LogP contribution in [-0.4, -0.2) is 47.6 Å². The van der Waals surface area contributed by atoms with E-state index in [-0.39, 0.29) is 17.7 Å². The molecule has 0 unspecified atom stereocenters. The maximum Gasteiger partial charge on any atom is 0.251 e. The zero-order valence-corrected chi connectivity index (χ0v) is 23.6. The molecule has 1 amide bonds. The highest BCUT2D eigenvalue weighted by Crippen LogP contribution is 2.28. The number of aromatic amines is 1. The number of H-pyrrole nitrogens is 1. The van der Waals surface area contributed by atoms with Crippen molar-refractivity contribution in [1.29, 1.82) is 0 Å². The van der Waals surface area contributed by atoms with Gasteiger partial charge in [-0.25, -0.2) is 8.42 Å². The first kappa shape index (κ1) is 27.4. The van der Waals surface area contributed by atoms with Crippen molar-refractivity contribution in [1.82, 2.24) is 20.3 Å². The fourth-order valence-corrected chi connectivity index (χ4v) is 6.40. The molecule has 40 heavy (non-hydrogen) atoms. The van der Waals surface area contributed by atoms with Crippen LogP contribution < -0.4 is 20.3 Å². The van der Waals surface area contributed by atoms with E-state index in [9.17, 15) is 13.2 Å². The van der Waals surface area contributed by atoms with Crippen LogP contribution >= 0.6 is 0 Å². The molecule has 1 saturated carbocycles. The molecule has 1 aliphatic carbocycles. The summed E-state index contributed by atoms with van der Waals surface area (Å²) in [5.41, 5.74) is 3.41. The van der Waals surface area contributed by atoms with E-state index in [2.05, 4.69) is 25.9 Å². The number of hydrogen-bond acceptors (Lipinski definition) is 7. The van der Waals surface area contributed by atoms with E-state index in [1.54, 1.807) is 18.3 Å². The second-order valence-corrected chi connectivity index (χ2v) is 11.9. The molecule has 0 atom stereocenters. The first-order valence-electron chi connectivity index (χ1n) is 13.7. The fourth-order valence-electron chi connectivity index (χ4n) is 4.79. The highest BCUT2D eigenvalue weighted by atomic mass is 32.2. The molecule has 1 aliphatic rings. The van der Waals surface area contributed by atoms with Gasteiger partial charge in [0.25, 0.3) is 5.91 Å². The molecule has 2 heterocycles. The van der Waals surface area contributed by atoms with E-state index in [4.69, 9.17) is 4.98 Å². The molecule has 10 nitrogen and oxygen atoms in total. The Morgan fingerprint density at radius 3 is 2.65 bits per heavy atom. The summed E-state index contributed by atoms with van der Waals surface area (Å²) in [4.78, 5) is 25.1. The van der Waals surface area contributed by atoms with Crippen LogP contribution in [0.5, 0.6) is 0 Å². The largest absolute Gasteiger partial charge is 0.365 e. The van der Waals surface area contributed by atoms with E-state index in [0.29, 0.717) is 53.9 Å². The van der Waals surface area contributed by atoms with Crippen LogP contribution in [0.3, 0.4) is 0 Å². The molecule has 5 rings (SSSR count). The topological polar surface area (TPSA) is 132 Å². The first-order valence-corrected chi connectivity index (χ1v) is 15.3. The molecule has 0 spiro atoms. The predicted octanol–water partition coefficient (Wildman–Crippen LogP) is 5.16. The molecular formula is C29H35N7O3S. The van der Waals surface area contributed by atoms with Crippen molar-refractivity contribution >= 4 is 50.1 Å². The number of nitrogens with zero attached hydrogens (tertiary/aromatic N) is 3. The van der Waals surface area contributed by atoms with E-state index >= 15 is 0 Å². The Labute approximate surface area is 234 Å². The quantitative estimate of drug-likeness (QED) is 0.188. The summed E-state index contributed by atoms with van der Waals surface area (Å²) in [5.74, 6) is 0.971. The molecular weight excluding hydrogens is 526 g/mol. The van der Waals surface area contributed by atoms with Crippen molar-refractivity contribution < 1.29 is 13.2 Å². The first-order chi connectivity index (χ1) is 19.4. The molecule has 1 fully saturated rings. The minimum atomic E-state index is -3.43. The Morgan fingerprint density at radius 2 is 1.90 bits per heavy atom. The molecule has 2 aromatic heterocycles. The summed E-state index contributed by atoms with van der Waals surface area (Å²) in [6.07, 6.45) is 5.55. The zero-order chi connectivity index (χ0) is 28.1. The minimum absolute atomic E-state index is 0.0859. The van der Waals surface area contributed by atoms with E-state index in [0.717, 1.165) is 30.2 Å². The molecule has 0 aliphatic heterocycles. The van der Waals surface area contributed by atoms with Gasteiger partial charge in [0.2, 0.25) is 16.0 Å². The van der Waals surface area contributed by atoms with Crippen LogP contribution in [0.15, 0.2) is 60.8 Å². The summed E-state index contributed by atoms with van der Waals surface area (Å²) in [7, 11) is -3.43. The number of sulfonamides is 1. The van der Waals surface area contributed by atoms with Gasteiger partial charge in [0.1, 0.15) is 11.5 Å². The number of anilines is 4. The molecule has 11 heteroatoms. The van der Waals surface area contributed by atoms with E-state index < -0.39 is 10.0 Å². The lowest BCUT2D eigenvalue weighted by molar-refractivity contribution is 0.0917. The van der Waals surface area contributed by atoms with Gasteiger partial charge in [-0.05, 0) is 68.5 Å². The van der Waals surface area contributed by atoms with E-state index in [1.807, 2.05) is 56.3 Å². The molecule has 0 bridgehead atoms. The van der Waals surface area contributed by atoms with Crippen molar-refractivity contribution in [2.75, 3.05) is 27.2 Å². The highest BCUT2D eigenvalue weighted by Gasteiger charge is 2.23. The van der Waals surface area contributed by atoms with Crippen LogP contribution in [0.2, 0.25) is 0 Å². The van der Waals surface area contributed by atoms with Gasteiger partial charge in [0.05, 0.1) is 16.8 Å². The third-order valence-electron chi connectivity index (χ3n) is 7.03. The Hall–Kier alpha value is -4.12. The lowest BCUT2D eigenvalue weighted by atomic mass is 9.93. The van der Waals surface area contributed by atoms with Crippen LogP contribution in [0, 0.1) is 0 Å². The van der Waals surface area contributed by atoms with Gasteiger partial charge in [-0.2, -0.15) is 9.97 Å². The standard InChI is InChI=1S/C29H35N7O3S/c1-3-17-40(38,39)36(4-2)25-14-6-5-9-21(25)19-31-27-24-15-16-30-26(24)34-29(35-27)33-23-13-7-10-20(18-23)28(37)32-22-11-8-12-22/h5-7,9-10,13-16,18,22H,3-4,8,11-12,17,19H2,1-2H3,(H,32,37)(H3,30,31,33,34,35). The molecule has 4 N–H and O–H groups in total. The lowest BCUT2D eigenvalue weighted by Gasteiger charge is -2.26. The van der Waals surface area contributed by atoms with Gasteiger partial charge in [-0.3, -0.25) is 9.10 Å². The molecule has 0 saturated heterocycles. The van der Waals surface area contributed by atoms with Gasteiger partial charge in [-0.1, -0.05) is 31.2 Å². The number of hydrogen-bond donors (Lipinski definition) is 4. The summed E-state index contributed by atoms with van der Waals surface area (Å²) >= 11 is 0. The average molecular weight is 562 g/mol. The Kier molecular flexibility index (Phi) is 8.20. The number of aromatic nitrogens is 3. The number of carbonyl (C=O) groups is 1. The van der Waals surface area contributed by atoms with Gasteiger partial charge in [0.15, 0.2) is 0 Å². The number of amides is 1. The van der Waals surface area contributed by atoms with Crippen LogP contribution in [0.25, 0.3) is 11.0 Å². The van der Waals surface area contributed by atoms with Crippen LogP contribution in [0.4, 0.5) is 23.1 Å². The predicted molar refractivity (Wildman–Crippen MR) is 160 cm³/mol. The van der Waals surface area contributed by atoms with E-state index in [1.165, 1.54) is 4.31 Å². The average Bonchev–Trinajstić information content (AvgIpc) is 3.39. The molecule has 4 aromatic rings. The zero-order valence-electron chi connectivity index (χ0n) is 22.8.